The number of nitrogens with one attached hydrogen (secondary N) is 1. The van der Waals surface area contributed by atoms with E-state index >= 15 is 0 Å². The quantitative estimate of drug-likeness (QED) is 0.907. The van der Waals surface area contributed by atoms with Gasteiger partial charge in [0, 0.05) is 12.6 Å². The van der Waals surface area contributed by atoms with Gasteiger partial charge in [-0.2, -0.15) is 0 Å². The van der Waals surface area contributed by atoms with Crippen LogP contribution in [0.4, 0.5) is 0 Å². The molecule has 4 heteroatoms. The van der Waals surface area contributed by atoms with Gasteiger partial charge in [-0.1, -0.05) is 24.3 Å². The third kappa shape index (κ3) is 3.28. The van der Waals surface area contributed by atoms with E-state index in [1.165, 1.54) is 0 Å². The van der Waals surface area contributed by atoms with Crippen molar-refractivity contribution in [1.82, 2.24) is 5.32 Å². The van der Waals surface area contributed by atoms with Crippen molar-refractivity contribution in [3.8, 4) is 17.2 Å². The monoisotopic (exact) mass is 285 g/mol. The Labute approximate surface area is 124 Å². The third-order valence-electron chi connectivity index (χ3n) is 3.59. The fourth-order valence-electron chi connectivity index (χ4n) is 2.38. The zero-order valence-corrected chi connectivity index (χ0v) is 12.0. The lowest BCUT2D eigenvalue weighted by Gasteiger charge is -2.27. The van der Waals surface area contributed by atoms with Crippen LogP contribution < -0.4 is 14.8 Å². The predicted octanol–water partition coefficient (Wildman–Crippen LogP) is 2.88. The smallest absolute Gasteiger partial charge is 0.161 e. The van der Waals surface area contributed by atoms with Crippen LogP contribution in [0.1, 0.15) is 18.5 Å². The fourth-order valence-corrected chi connectivity index (χ4v) is 2.38. The van der Waals surface area contributed by atoms with E-state index in [1.54, 1.807) is 12.1 Å². The Morgan fingerprint density at radius 1 is 1.19 bits per heavy atom. The highest BCUT2D eigenvalue weighted by Gasteiger charge is 2.21. The molecule has 0 saturated heterocycles. The Morgan fingerprint density at radius 3 is 2.81 bits per heavy atom. The number of aromatic hydroxyl groups is 1. The van der Waals surface area contributed by atoms with Gasteiger partial charge in [0.15, 0.2) is 11.5 Å². The zero-order valence-electron chi connectivity index (χ0n) is 12.0. The average Bonchev–Trinajstić information content (AvgIpc) is 2.52. The maximum absolute atomic E-state index is 9.52. The van der Waals surface area contributed by atoms with Gasteiger partial charge in [0.1, 0.15) is 18.5 Å². The summed E-state index contributed by atoms with van der Waals surface area (Å²) in [6.07, 6.45) is -0.0142. The molecule has 0 spiro atoms. The molecule has 4 nitrogen and oxygen atoms in total. The molecule has 0 amide bonds. The number of phenolic OH excluding ortho intramolecular Hbond substituents is 1. The third-order valence-corrected chi connectivity index (χ3v) is 3.59. The molecule has 2 unspecified atom stereocenters. The van der Waals surface area contributed by atoms with Crippen LogP contribution in [0.25, 0.3) is 0 Å². The highest BCUT2D eigenvalue weighted by atomic mass is 16.6. The van der Waals surface area contributed by atoms with E-state index in [0.717, 1.165) is 17.1 Å². The fraction of sp³-hybridized carbons (Fsp3) is 0.294. The SMILES string of the molecule is CC(NCC1COc2ccccc2O1)c1cccc(O)c1. The van der Waals surface area contributed by atoms with Crippen molar-refractivity contribution in [3.05, 3.63) is 54.1 Å². The lowest BCUT2D eigenvalue weighted by atomic mass is 10.1. The zero-order chi connectivity index (χ0) is 14.7. The number of phenols is 1. The summed E-state index contributed by atoms with van der Waals surface area (Å²) in [5.41, 5.74) is 1.05. The largest absolute Gasteiger partial charge is 0.508 e. The predicted molar refractivity (Wildman–Crippen MR) is 80.9 cm³/mol. The van der Waals surface area contributed by atoms with Gasteiger partial charge in [-0.15, -0.1) is 0 Å². The highest BCUT2D eigenvalue weighted by Crippen LogP contribution is 2.30. The lowest BCUT2D eigenvalue weighted by molar-refractivity contribution is 0.0886. The van der Waals surface area contributed by atoms with Crippen molar-refractivity contribution < 1.29 is 14.6 Å². The van der Waals surface area contributed by atoms with Crippen LogP contribution >= 0.6 is 0 Å². The molecule has 2 aromatic carbocycles. The minimum atomic E-state index is -0.0142. The Kier molecular flexibility index (Phi) is 3.97. The molecule has 0 bridgehead atoms. The Balaban J connectivity index is 1.57. The molecule has 0 radical (unpaired) electrons. The van der Waals surface area contributed by atoms with Crippen LogP contribution in [-0.4, -0.2) is 24.4 Å². The van der Waals surface area contributed by atoms with E-state index in [2.05, 4.69) is 12.2 Å². The van der Waals surface area contributed by atoms with Crippen molar-refractivity contribution in [2.75, 3.05) is 13.2 Å². The minimum Gasteiger partial charge on any atom is -0.508 e. The molecule has 2 aromatic rings. The second-order valence-electron chi connectivity index (χ2n) is 5.22. The topological polar surface area (TPSA) is 50.7 Å². The van der Waals surface area contributed by atoms with E-state index in [9.17, 15) is 5.11 Å². The lowest BCUT2D eigenvalue weighted by Crippen LogP contribution is -2.39. The molecule has 0 fully saturated rings. The van der Waals surface area contributed by atoms with Crippen molar-refractivity contribution >= 4 is 0 Å². The first-order valence-electron chi connectivity index (χ1n) is 7.13. The Hall–Kier alpha value is -2.20. The molecule has 3 rings (SSSR count). The maximum atomic E-state index is 9.52. The van der Waals surface area contributed by atoms with Gasteiger partial charge in [-0.25, -0.2) is 0 Å². The second-order valence-corrected chi connectivity index (χ2v) is 5.22. The number of benzene rings is 2. The van der Waals surface area contributed by atoms with Crippen LogP contribution in [0.2, 0.25) is 0 Å². The van der Waals surface area contributed by atoms with Gasteiger partial charge in [-0.05, 0) is 36.8 Å². The van der Waals surface area contributed by atoms with Gasteiger partial charge in [0.25, 0.3) is 0 Å². The molecule has 21 heavy (non-hydrogen) atoms. The van der Waals surface area contributed by atoms with Crippen LogP contribution in [0.15, 0.2) is 48.5 Å². The molecule has 110 valence electrons. The van der Waals surface area contributed by atoms with Gasteiger partial charge >= 0.3 is 0 Å². The van der Waals surface area contributed by atoms with E-state index in [4.69, 9.17) is 9.47 Å². The van der Waals surface area contributed by atoms with E-state index in [-0.39, 0.29) is 17.9 Å². The maximum Gasteiger partial charge on any atom is 0.161 e. The molecule has 0 aromatic heterocycles. The first-order chi connectivity index (χ1) is 10.2. The van der Waals surface area contributed by atoms with Gasteiger partial charge in [0.2, 0.25) is 0 Å². The number of fused-ring (bicyclic) bond motifs is 1. The molecule has 0 aliphatic carbocycles. The molecular formula is C17H19NO3. The van der Waals surface area contributed by atoms with Crippen LogP contribution in [0.5, 0.6) is 17.2 Å². The molecule has 1 aliphatic heterocycles. The van der Waals surface area contributed by atoms with Crippen LogP contribution in [-0.2, 0) is 0 Å². The number of hydrogen-bond acceptors (Lipinski definition) is 4. The van der Waals surface area contributed by atoms with E-state index < -0.39 is 0 Å². The Bertz CT molecular complexity index is 614. The normalized spacial score (nSPS) is 18.2. The van der Waals surface area contributed by atoms with E-state index in [0.29, 0.717) is 13.2 Å². The molecule has 0 saturated carbocycles. The first-order valence-corrected chi connectivity index (χ1v) is 7.13. The van der Waals surface area contributed by atoms with Gasteiger partial charge in [0.05, 0.1) is 0 Å². The highest BCUT2D eigenvalue weighted by molar-refractivity contribution is 5.40. The van der Waals surface area contributed by atoms with Gasteiger partial charge < -0.3 is 19.9 Å². The molecule has 2 atom stereocenters. The van der Waals surface area contributed by atoms with E-state index in [1.807, 2.05) is 36.4 Å². The van der Waals surface area contributed by atoms with Crippen molar-refractivity contribution in [2.24, 2.45) is 0 Å². The summed E-state index contributed by atoms with van der Waals surface area (Å²) in [7, 11) is 0. The summed E-state index contributed by atoms with van der Waals surface area (Å²) < 4.78 is 11.6. The summed E-state index contributed by atoms with van der Waals surface area (Å²) in [6, 6.07) is 15.1. The molecule has 2 N–H and O–H groups in total. The summed E-state index contributed by atoms with van der Waals surface area (Å²) in [6.45, 7) is 3.29. The number of ether oxygens (including phenoxy) is 2. The summed E-state index contributed by atoms with van der Waals surface area (Å²) >= 11 is 0. The average molecular weight is 285 g/mol. The van der Waals surface area contributed by atoms with Crippen LogP contribution in [0, 0.1) is 0 Å². The summed E-state index contributed by atoms with van der Waals surface area (Å²) in [4.78, 5) is 0. The first kappa shape index (κ1) is 13.8. The van der Waals surface area contributed by atoms with Crippen molar-refractivity contribution in [3.63, 3.8) is 0 Å². The minimum absolute atomic E-state index is 0.0142. The number of hydrogen-bond donors (Lipinski definition) is 2. The van der Waals surface area contributed by atoms with Crippen LogP contribution in [0.3, 0.4) is 0 Å². The van der Waals surface area contributed by atoms with Gasteiger partial charge in [-0.3, -0.25) is 0 Å². The summed E-state index contributed by atoms with van der Waals surface area (Å²) in [5, 5.41) is 12.9. The summed E-state index contributed by atoms with van der Waals surface area (Å²) in [5.74, 6) is 1.88. The van der Waals surface area contributed by atoms with Crippen molar-refractivity contribution in [2.45, 2.75) is 19.1 Å². The number of para-hydroxylation sites is 2. The second kappa shape index (κ2) is 6.06. The Morgan fingerprint density at radius 2 is 2.00 bits per heavy atom. The molecule has 1 heterocycles. The molecule has 1 aliphatic rings. The van der Waals surface area contributed by atoms with Crippen molar-refractivity contribution in [1.29, 1.82) is 0 Å². The molecular weight excluding hydrogens is 266 g/mol. The number of rotatable bonds is 4. The standard InChI is InChI=1S/C17H19NO3/c1-12(13-5-4-6-14(19)9-13)18-10-15-11-20-16-7-2-3-8-17(16)21-15/h2-9,12,15,18-19H,10-11H2,1H3.